The number of Topliss-reactive ketones (excluding diaryl/α,β-unsaturated/α-hetero) is 1. The van der Waals surface area contributed by atoms with Crippen molar-refractivity contribution in [1.82, 2.24) is 9.88 Å². The Morgan fingerprint density at radius 1 is 1.39 bits per heavy atom. The SMILES string of the molecule is CN1CCC(=O)C2(CC23CC3)C1c1ccccn1. The zero-order chi connectivity index (χ0) is 12.4. The molecule has 0 aromatic carbocycles. The van der Waals surface area contributed by atoms with Crippen molar-refractivity contribution < 1.29 is 4.79 Å². The second kappa shape index (κ2) is 3.21. The van der Waals surface area contributed by atoms with Gasteiger partial charge in [-0.25, -0.2) is 0 Å². The Bertz CT molecular complexity index is 508. The lowest BCUT2D eigenvalue weighted by molar-refractivity contribution is -0.132. The van der Waals surface area contributed by atoms with Crippen molar-refractivity contribution >= 4 is 5.78 Å². The Labute approximate surface area is 107 Å². The minimum atomic E-state index is -0.0889. The van der Waals surface area contributed by atoms with Gasteiger partial charge in [0.15, 0.2) is 0 Å². The zero-order valence-corrected chi connectivity index (χ0v) is 10.7. The second-order valence-corrected chi connectivity index (χ2v) is 6.24. The molecule has 94 valence electrons. The molecule has 0 radical (unpaired) electrons. The fraction of sp³-hybridized carbons (Fsp3) is 0.600. The van der Waals surface area contributed by atoms with Crippen LogP contribution in [0.4, 0.5) is 0 Å². The molecule has 0 amide bonds. The van der Waals surface area contributed by atoms with Gasteiger partial charge in [-0.05, 0) is 43.9 Å². The van der Waals surface area contributed by atoms with Gasteiger partial charge in [0, 0.05) is 19.2 Å². The molecule has 3 aliphatic rings. The summed E-state index contributed by atoms with van der Waals surface area (Å²) in [5, 5.41) is 0. The summed E-state index contributed by atoms with van der Waals surface area (Å²) in [7, 11) is 2.14. The third-order valence-corrected chi connectivity index (χ3v) is 5.36. The van der Waals surface area contributed by atoms with Crippen LogP contribution in [0.1, 0.15) is 37.4 Å². The molecule has 3 nitrogen and oxygen atoms in total. The van der Waals surface area contributed by atoms with Crippen molar-refractivity contribution in [3.05, 3.63) is 30.1 Å². The highest BCUT2D eigenvalue weighted by Crippen LogP contribution is 2.83. The lowest BCUT2D eigenvalue weighted by atomic mass is 9.80. The lowest BCUT2D eigenvalue weighted by Crippen LogP contribution is -2.44. The Kier molecular flexibility index (Phi) is 1.90. The van der Waals surface area contributed by atoms with Gasteiger partial charge in [-0.2, -0.15) is 0 Å². The molecule has 2 aliphatic carbocycles. The van der Waals surface area contributed by atoms with Crippen LogP contribution >= 0.6 is 0 Å². The molecule has 2 heterocycles. The van der Waals surface area contributed by atoms with Gasteiger partial charge >= 0.3 is 0 Å². The van der Waals surface area contributed by atoms with Crippen LogP contribution in [0, 0.1) is 10.8 Å². The van der Waals surface area contributed by atoms with E-state index in [0.717, 1.165) is 25.1 Å². The number of hydrogen-bond acceptors (Lipinski definition) is 3. The van der Waals surface area contributed by atoms with Crippen LogP contribution in [0.3, 0.4) is 0 Å². The van der Waals surface area contributed by atoms with E-state index in [-0.39, 0.29) is 11.5 Å². The summed E-state index contributed by atoms with van der Waals surface area (Å²) in [6.07, 6.45) is 6.16. The molecule has 2 saturated carbocycles. The van der Waals surface area contributed by atoms with Crippen molar-refractivity contribution in [3.8, 4) is 0 Å². The van der Waals surface area contributed by atoms with E-state index in [1.807, 2.05) is 18.3 Å². The average molecular weight is 242 g/mol. The molecule has 3 fully saturated rings. The highest BCUT2D eigenvalue weighted by Gasteiger charge is 2.80. The maximum atomic E-state index is 12.5. The minimum absolute atomic E-state index is 0.0889. The third-order valence-electron chi connectivity index (χ3n) is 5.36. The quantitative estimate of drug-likeness (QED) is 0.757. The summed E-state index contributed by atoms with van der Waals surface area (Å²) >= 11 is 0. The van der Waals surface area contributed by atoms with Crippen molar-refractivity contribution in [1.29, 1.82) is 0 Å². The van der Waals surface area contributed by atoms with Crippen molar-refractivity contribution in [3.63, 3.8) is 0 Å². The number of hydrogen-bond donors (Lipinski definition) is 0. The molecular formula is C15H18N2O. The highest BCUT2D eigenvalue weighted by atomic mass is 16.1. The van der Waals surface area contributed by atoms with Gasteiger partial charge in [0.05, 0.1) is 17.2 Å². The van der Waals surface area contributed by atoms with Crippen LogP contribution in [-0.2, 0) is 4.79 Å². The lowest BCUT2D eigenvalue weighted by Gasteiger charge is -2.39. The number of carbonyl (C=O) groups is 1. The maximum absolute atomic E-state index is 12.5. The van der Waals surface area contributed by atoms with Gasteiger partial charge in [0.25, 0.3) is 0 Å². The summed E-state index contributed by atoms with van der Waals surface area (Å²) < 4.78 is 0. The smallest absolute Gasteiger partial charge is 0.142 e. The van der Waals surface area contributed by atoms with Gasteiger partial charge in [0.2, 0.25) is 0 Å². The maximum Gasteiger partial charge on any atom is 0.142 e. The third kappa shape index (κ3) is 1.13. The van der Waals surface area contributed by atoms with Crippen LogP contribution in [-0.4, -0.2) is 29.3 Å². The van der Waals surface area contributed by atoms with E-state index in [4.69, 9.17) is 0 Å². The Hall–Kier alpha value is -1.22. The normalized spacial score (nSPS) is 37.2. The molecule has 18 heavy (non-hydrogen) atoms. The number of likely N-dealkylation sites (tertiary alicyclic amines) is 1. The number of rotatable bonds is 1. The molecule has 0 bridgehead atoms. The largest absolute Gasteiger partial charge is 0.299 e. The summed E-state index contributed by atoms with van der Waals surface area (Å²) in [5.41, 5.74) is 1.35. The second-order valence-electron chi connectivity index (χ2n) is 6.24. The summed E-state index contributed by atoms with van der Waals surface area (Å²) in [6.45, 7) is 0.873. The molecular weight excluding hydrogens is 224 g/mol. The highest BCUT2D eigenvalue weighted by molar-refractivity contribution is 5.92. The number of carbonyl (C=O) groups excluding carboxylic acids is 1. The molecule has 3 heteroatoms. The summed E-state index contributed by atoms with van der Waals surface area (Å²) in [5.74, 6) is 0.494. The van der Waals surface area contributed by atoms with Gasteiger partial charge in [-0.15, -0.1) is 0 Å². The van der Waals surface area contributed by atoms with Crippen molar-refractivity contribution in [2.24, 2.45) is 10.8 Å². The number of piperidine rings is 1. The van der Waals surface area contributed by atoms with Gasteiger partial charge in [-0.3, -0.25) is 14.7 Å². The fourth-order valence-corrected chi connectivity index (χ4v) is 4.22. The van der Waals surface area contributed by atoms with Crippen LogP contribution in [0.15, 0.2) is 24.4 Å². The predicted molar refractivity (Wildman–Crippen MR) is 67.9 cm³/mol. The van der Waals surface area contributed by atoms with Crippen molar-refractivity contribution in [2.45, 2.75) is 31.7 Å². The van der Waals surface area contributed by atoms with Gasteiger partial charge in [-0.1, -0.05) is 6.07 Å². The van der Waals surface area contributed by atoms with Crippen LogP contribution < -0.4 is 0 Å². The molecule has 1 aromatic rings. The van der Waals surface area contributed by atoms with Gasteiger partial charge < -0.3 is 0 Å². The molecule has 1 aromatic heterocycles. The molecule has 2 unspecified atom stereocenters. The van der Waals surface area contributed by atoms with E-state index in [0.29, 0.717) is 11.2 Å². The van der Waals surface area contributed by atoms with Crippen molar-refractivity contribution in [2.75, 3.05) is 13.6 Å². The minimum Gasteiger partial charge on any atom is -0.299 e. The number of fused-ring (bicyclic) bond motifs is 1. The average Bonchev–Trinajstić information content (AvgIpc) is 3.28. The summed E-state index contributed by atoms with van der Waals surface area (Å²) in [4.78, 5) is 19.4. The van der Waals surface area contributed by atoms with Gasteiger partial charge in [0.1, 0.15) is 5.78 Å². The molecule has 2 atom stereocenters. The molecule has 1 aliphatic heterocycles. The van der Waals surface area contributed by atoms with E-state index in [1.165, 1.54) is 12.8 Å². The molecule has 2 spiro atoms. The standard InChI is InChI=1S/C15H18N2O/c1-17-9-5-12(18)15(10-14(15)6-7-14)13(17)11-4-2-3-8-16-11/h2-4,8,13H,5-7,9-10H2,1H3. The monoisotopic (exact) mass is 242 g/mol. The topological polar surface area (TPSA) is 33.2 Å². The van der Waals surface area contributed by atoms with E-state index >= 15 is 0 Å². The Morgan fingerprint density at radius 3 is 2.83 bits per heavy atom. The Balaban J connectivity index is 1.81. The van der Waals surface area contributed by atoms with E-state index in [2.05, 4.69) is 23.0 Å². The number of aromatic nitrogens is 1. The molecule has 0 N–H and O–H groups in total. The zero-order valence-electron chi connectivity index (χ0n) is 10.7. The fourth-order valence-electron chi connectivity index (χ4n) is 4.22. The first-order valence-electron chi connectivity index (χ1n) is 6.84. The molecule has 1 saturated heterocycles. The van der Waals surface area contributed by atoms with Crippen LogP contribution in [0.2, 0.25) is 0 Å². The van der Waals surface area contributed by atoms with E-state index in [9.17, 15) is 4.79 Å². The number of ketones is 1. The first-order chi connectivity index (χ1) is 8.70. The Morgan fingerprint density at radius 2 is 2.22 bits per heavy atom. The number of nitrogens with zero attached hydrogens (tertiary/aromatic N) is 2. The van der Waals surface area contributed by atoms with Crippen LogP contribution in [0.5, 0.6) is 0 Å². The van der Waals surface area contributed by atoms with E-state index < -0.39 is 0 Å². The first kappa shape index (κ1) is 10.7. The molecule has 4 rings (SSSR count). The van der Waals surface area contributed by atoms with Crippen LogP contribution in [0.25, 0.3) is 0 Å². The predicted octanol–water partition coefficient (Wildman–Crippen LogP) is 2.20. The summed E-state index contributed by atoms with van der Waals surface area (Å²) in [6, 6.07) is 6.27. The number of pyridine rings is 1. The first-order valence-corrected chi connectivity index (χ1v) is 6.84. The van der Waals surface area contributed by atoms with E-state index in [1.54, 1.807) is 0 Å².